The molecule has 0 atom stereocenters. The van der Waals surface area contributed by atoms with Gasteiger partial charge in [0.2, 0.25) is 0 Å². The van der Waals surface area contributed by atoms with E-state index in [1.165, 1.54) is 0 Å². The van der Waals surface area contributed by atoms with Crippen LogP contribution in [0.15, 0.2) is 97.1 Å². The number of benzene rings is 4. The van der Waals surface area contributed by atoms with Gasteiger partial charge < -0.3 is 20.1 Å². The highest BCUT2D eigenvalue weighted by Crippen LogP contribution is 2.28. The van der Waals surface area contributed by atoms with Crippen LogP contribution in [0.2, 0.25) is 0 Å². The molecule has 160 valence electrons. The third kappa shape index (κ3) is 5.64. The molecule has 0 bridgehead atoms. The van der Waals surface area contributed by atoms with Crippen molar-refractivity contribution in [3.05, 3.63) is 97.1 Å². The van der Waals surface area contributed by atoms with E-state index in [9.17, 15) is 9.59 Å². The number of carbonyl (C=O) groups excluding carboxylic acids is 2. The largest absolute Gasteiger partial charge is 0.484 e. The van der Waals surface area contributed by atoms with Crippen molar-refractivity contribution in [2.45, 2.75) is 0 Å². The van der Waals surface area contributed by atoms with Gasteiger partial charge in [-0.15, -0.1) is 0 Å². The maximum Gasteiger partial charge on any atom is 0.262 e. The molecule has 0 fully saturated rings. The van der Waals surface area contributed by atoms with Gasteiger partial charge in [-0.25, -0.2) is 0 Å². The highest BCUT2D eigenvalue weighted by molar-refractivity contribution is 6.04. The van der Waals surface area contributed by atoms with E-state index < -0.39 is 0 Å². The molecule has 0 spiro atoms. The Labute approximate surface area is 185 Å². The van der Waals surface area contributed by atoms with Crippen molar-refractivity contribution >= 4 is 34.0 Å². The third-order valence-corrected chi connectivity index (χ3v) is 4.66. The van der Waals surface area contributed by atoms with Crippen LogP contribution in [0.4, 0.5) is 11.4 Å². The van der Waals surface area contributed by atoms with Gasteiger partial charge in [0, 0.05) is 0 Å². The lowest BCUT2D eigenvalue weighted by molar-refractivity contribution is -0.119. The Balaban J connectivity index is 1.47. The molecule has 32 heavy (non-hydrogen) atoms. The van der Waals surface area contributed by atoms with Crippen molar-refractivity contribution in [3.8, 4) is 11.5 Å². The molecule has 0 saturated carbocycles. The maximum atomic E-state index is 12.5. The minimum atomic E-state index is -0.333. The molecule has 2 amide bonds. The average molecular weight is 426 g/mol. The summed E-state index contributed by atoms with van der Waals surface area (Å²) in [5.74, 6) is 0.542. The Morgan fingerprint density at radius 2 is 0.938 bits per heavy atom. The van der Waals surface area contributed by atoms with Gasteiger partial charge in [-0.2, -0.15) is 0 Å². The second kappa shape index (κ2) is 10.1. The van der Waals surface area contributed by atoms with E-state index in [4.69, 9.17) is 9.47 Å². The second-order valence-electron chi connectivity index (χ2n) is 7.04. The van der Waals surface area contributed by atoms with Gasteiger partial charge in [0.05, 0.1) is 11.4 Å². The van der Waals surface area contributed by atoms with Crippen LogP contribution in [-0.2, 0) is 9.59 Å². The number of hydrogen-bond donors (Lipinski definition) is 2. The molecule has 4 aromatic rings. The van der Waals surface area contributed by atoms with E-state index in [2.05, 4.69) is 10.6 Å². The Morgan fingerprint density at radius 3 is 1.34 bits per heavy atom. The lowest BCUT2D eigenvalue weighted by Crippen LogP contribution is -2.23. The van der Waals surface area contributed by atoms with Crippen LogP contribution in [0.25, 0.3) is 10.8 Å². The molecule has 0 aliphatic rings. The van der Waals surface area contributed by atoms with Crippen molar-refractivity contribution in [2.24, 2.45) is 0 Å². The van der Waals surface area contributed by atoms with Crippen molar-refractivity contribution in [3.63, 3.8) is 0 Å². The number of fused-ring (bicyclic) bond motifs is 1. The molecule has 2 N–H and O–H groups in total. The molecule has 0 saturated heterocycles. The fourth-order valence-corrected chi connectivity index (χ4v) is 3.15. The van der Waals surface area contributed by atoms with Crippen LogP contribution in [0, 0.1) is 0 Å². The van der Waals surface area contributed by atoms with E-state index in [1.54, 1.807) is 24.3 Å². The minimum absolute atomic E-state index is 0.151. The normalized spacial score (nSPS) is 10.4. The van der Waals surface area contributed by atoms with Crippen LogP contribution in [0.3, 0.4) is 0 Å². The Morgan fingerprint density at radius 1 is 0.562 bits per heavy atom. The smallest absolute Gasteiger partial charge is 0.262 e. The van der Waals surface area contributed by atoms with Crippen LogP contribution >= 0.6 is 0 Å². The highest BCUT2D eigenvalue weighted by atomic mass is 16.5. The molecule has 0 aromatic heterocycles. The van der Waals surface area contributed by atoms with Crippen LogP contribution < -0.4 is 20.1 Å². The van der Waals surface area contributed by atoms with E-state index in [0.29, 0.717) is 22.9 Å². The summed E-state index contributed by atoms with van der Waals surface area (Å²) < 4.78 is 11.0. The van der Waals surface area contributed by atoms with E-state index in [-0.39, 0.29) is 25.0 Å². The van der Waals surface area contributed by atoms with E-state index in [0.717, 1.165) is 10.8 Å². The first-order valence-electron chi connectivity index (χ1n) is 10.2. The standard InChI is InChI=1S/C26H22N2O4/c29-25(17-31-21-11-3-1-4-12-21)27-23-15-19-9-7-8-10-20(19)16-24(23)28-26(30)18-32-22-13-5-2-6-14-22/h1-16H,17-18H2,(H,27,29)(H,28,30). The van der Waals surface area contributed by atoms with Crippen molar-refractivity contribution in [2.75, 3.05) is 23.8 Å². The van der Waals surface area contributed by atoms with Crippen LogP contribution in [0.1, 0.15) is 0 Å². The lowest BCUT2D eigenvalue weighted by atomic mass is 10.1. The first kappa shape index (κ1) is 20.9. The van der Waals surface area contributed by atoms with Crippen molar-refractivity contribution in [1.82, 2.24) is 0 Å². The average Bonchev–Trinajstić information content (AvgIpc) is 2.83. The number of carbonyl (C=O) groups is 2. The Hall–Kier alpha value is -4.32. The van der Waals surface area contributed by atoms with Gasteiger partial charge in [0.1, 0.15) is 11.5 Å². The van der Waals surface area contributed by atoms with E-state index in [1.807, 2.05) is 72.8 Å². The number of rotatable bonds is 8. The molecule has 4 aromatic carbocycles. The summed E-state index contributed by atoms with van der Waals surface area (Å²) in [4.78, 5) is 25.0. The zero-order chi connectivity index (χ0) is 22.2. The number of amides is 2. The van der Waals surface area contributed by atoms with Crippen molar-refractivity contribution < 1.29 is 19.1 Å². The summed E-state index contributed by atoms with van der Waals surface area (Å²) in [7, 11) is 0. The highest BCUT2D eigenvalue weighted by Gasteiger charge is 2.13. The number of para-hydroxylation sites is 2. The van der Waals surface area contributed by atoms with Gasteiger partial charge in [0.15, 0.2) is 13.2 Å². The summed E-state index contributed by atoms with van der Waals surface area (Å²) in [5, 5.41) is 7.54. The zero-order valence-corrected chi connectivity index (χ0v) is 17.3. The van der Waals surface area contributed by atoms with Gasteiger partial charge in [-0.3, -0.25) is 9.59 Å². The predicted molar refractivity (Wildman–Crippen MR) is 125 cm³/mol. The Kier molecular flexibility index (Phi) is 6.63. The first-order chi connectivity index (χ1) is 15.7. The van der Waals surface area contributed by atoms with Gasteiger partial charge in [0.25, 0.3) is 11.8 Å². The molecule has 0 aliphatic carbocycles. The fourth-order valence-electron chi connectivity index (χ4n) is 3.15. The number of nitrogens with one attached hydrogen (secondary N) is 2. The Bertz CT molecular complexity index is 1110. The molecule has 6 heteroatoms. The number of anilines is 2. The summed E-state index contributed by atoms with van der Waals surface area (Å²) in [6.07, 6.45) is 0. The molecule has 0 heterocycles. The van der Waals surface area contributed by atoms with Gasteiger partial charge >= 0.3 is 0 Å². The molecule has 0 unspecified atom stereocenters. The van der Waals surface area contributed by atoms with Crippen molar-refractivity contribution in [1.29, 1.82) is 0 Å². The molecule has 0 aliphatic heterocycles. The van der Waals surface area contributed by atoms with Crippen LogP contribution in [0.5, 0.6) is 11.5 Å². The minimum Gasteiger partial charge on any atom is -0.484 e. The van der Waals surface area contributed by atoms with Crippen LogP contribution in [-0.4, -0.2) is 25.0 Å². The molecule has 6 nitrogen and oxygen atoms in total. The fraction of sp³-hybridized carbons (Fsp3) is 0.0769. The van der Waals surface area contributed by atoms with Gasteiger partial charge in [-0.05, 0) is 47.2 Å². The quantitative estimate of drug-likeness (QED) is 0.421. The monoisotopic (exact) mass is 426 g/mol. The van der Waals surface area contributed by atoms with Gasteiger partial charge in [-0.1, -0.05) is 60.7 Å². The summed E-state index contributed by atoms with van der Waals surface area (Å²) in [6, 6.07) is 29.6. The summed E-state index contributed by atoms with van der Waals surface area (Å²) >= 11 is 0. The van der Waals surface area contributed by atoms with E-state index >= 15 is 0 Å². The predicted octanol–water partition coefficient (Wildman–Crippen LogP) is 4.87. The zero-order valence-electron chi connectivity index (χ0n) is 17.3. The molecular weight excluding hydrogens is 404 g/mol. The maximum absolute atomic E-state index is 12.5. The number of ether oxygens (including phenoxy) is 2. The number of hydrogen-bond acceptors (Lipinski definition) is 4. The summed E-state index contributed by atoms with van der Waals surface area (Å²) in [6.45, 7) is -0.303. The third-order valence-electron chi connectivity index (χ3n) is 4.66. The SMILES string of the molecule is O=C(COc1ccccc1)Nc1cc2ccccc2cc1NC(=O)COc1ccccc1. The topological polar surface area (TPSA) is 76.7 Å². The molecule has 4 rings (SSSR count). The second-order valence-corrected chi connectivity index (χ2v) is 7.04. The molecular formula is C26H22N2O4. The summed E-state index contributed by atoms with van der Waals surface area (Å²) in [5.41, 5.74) is 0.969. The lowest BCUT2D eigenvalue weighted by Gasteiger charge is -2.15. The molecule has 0 radical (unpaired) electrons. The first-order valence-corrected chi connectivity index (χ1v) is 10.2.